The molecule has 0 saturated carbocycles. The molecule has 28 heavy (non-hydrogen) atoms. The number of pyridine rings is 1. The van der Waals surface area contributed by atoms with E-state index in [1.807, 2.05) is 6.92 Å². The molecule has 0 atom stereocenters. The molecule has 162 valence electrons. The summed E-state index contributed by atoms with van der Waals surface area (Å²) in [7, 11) is 0. The van der Waals surface area contributed by atoms with Crippen LogP contribution >= 0.6 is 24.0 Å². The third-order valence-corrected chi connectivity index (χ3v) is 3.16. The molecule has 0 aliphatic rings. The zero-order valence-corrected chi connectivity index (χ0v) is 18.8. The molecule has 10 heteroatoms. The molecule has 6 nitrogen and oxygen atoms in total. The number of rotatable bonds is 11. The van der Waals surface area contributed by atoms with Gasteiger partial charge in [0, 0.05) is 38.6 Å². The molecule has 0 amide bonds. The van der Waals surface area contributed by atoms with E-state index in [2.05, 4.69) is 39.2 Å². The van der Waals surface area contributed by atoms with Crippen molar-refractivity contribution in [3.8, 4) is 5.88 Å². The lowest BCUT2D eigenvalue weighted by Gasteiger charge is -2.12. The van der Waals surface area contributed by atoms with Crippen LogP contribution in [0.25, 0.3) is 0 Å². The fourth-order valence-electron chi connectivity index (χ4n) is 2.00. The minimum atomic E-state index is -4.39. The van der Waals surface area contributed by atoms with Crippen LogP contribution in [0, 0.1) is 5.92 Å². The lowest BCUT2D eigenvalue weighted by atomic mass is 10.2. The van der Waals surface area contributed by atoms with E-state index < -0.39 is 12.8 Å². The van der Waals surface area contributed by atoms with Gasteiger partial charge in [-0.05, 0) is 30.9 Å². The largest absolute Gasteiger partial charge is 0.468 e. The Labute approximate surface area is 181 Å². The van der Waals surface area contributed by atoms with Gasteiger partial charge in [-0.2, -0.15) is 13.2 Å². The Morgan fingerprint density at radius 2 is 2.04 bits per heavy atom. The standard InChI is InChI=1S/C18H29F3N4O2.HI/c1-4-22-17(24-7-5-9-26-12-14(2)3)25-11-15-6-8-23-16(10-15)27-13-18(19,20)21;/h6,8,10,14H,4-5,7,9,11-13H2,1-3H3,(H2,22,24,25);1H. The molecule has 0 fully saturated rings. The van der Waals surface area contributed by atoms with Crippen LogP contribution in [0.1, 0.15) is 32.8 Å². The van der Waals surface area contributed by atoms with Crippen LogP contribution in [0.15, 0.2) is 23.3 Å². The van der Waals surface area contributed by atoms with Gasteiger partial charge in [-0.15, -0.1) is 24.0 Å². The average molecular weight is 518 g/mol. The van der Waals surface area contributed by atoms with Crippen LogP contribution in [0.3, 0.4) is 0 Å². The SMILES string of the molecule is CCNC(=NCc1ccnc(OCC(F)(F)F)c1)NCCCOCC(C)C.I. The highest BCUT2D eigenvalue weighted by Crippen LogP contribution is 2.17. The van der Waals surface area contributed by atoms with E-state index in [1.54, 1.807) is 6.07 Å². The summed E-state index contributed by atoms with van der Waals surface area (Å²) >= 11 is 0. The second kappa shape index (κ2) is 14.7. The Morgan fingerprint density at radius 3 is 2.68 bits per heavy atom. The highest BCUT2D eigenvalue weighted by molar-refractivity contribution is 14.0. The van der Waals surface area contributed by atoms with E-state index in [4.69, 9.17) is 4.74 Å². The third kappa shape index (κ3) is 13.8. The van der Waals surface area contributed by atoms with Gasteiger partial charge in [0.2, 0.25) is 5.88 Å². The summed E-state index contributed by atoms with van der Waals surface area (Å²) in [5, 5.41) is 6.33. The summed E-state index contributed by atoms with van der Waals surface area (Å²) in [6.45, 7) is 7.92. The normalized spacial score (nSPS) is 11.9. The number of nitrogens with one attached hydrogen (secondary N) is 2. The van der Waals surface area contributed by atoms with Crippen molar-refractivity contribution < 1.29 is 22.6 Å². The second-order valence-electron chi connectivity index (χ2n) is 6.35. The van der Waals surface area contributed by atoms with Gasteiger partial charge in [-0.25, -0.2) is 9.98 Å². The monoisotopic (exact) mass is 518 g/mol. The molecular weight excluding hydrogens is 488 g/mol. The van der Waals surface area contributed by atoms with E-state index >= 15 is 0 Å². The van der Waals surface area contributed by atoms with Gasteiger partial charge in [0.25, 0.3) is 0 Å². The number of aromatic nitrogens is 1. The van der Waals surface area contributed by atoms with Gasteiger partial charge in [0.05, 0.1) is 6.54 Å². The van der Waals surface area contributed by atoms with Crippen molar-refractivity contribution in [2.45, 2.75) is 39.9 Å². The van der Waals surface area contributed by atoms with E-state index in [9.17, 15) is 13.2 Å². The van der Waals surface area contributed by atoms with Crippen LogP contribution in [0.5, 0.6) is 5.88 Å². The van der Waals surface area contributed by atoms with Gasteiger partial charge >= 0.3 is 6.18 Å². The molecule has 0 bridgehead atoms. The first-order valence-electron chi connectivity index (χ1n) is 9.04. The zero-order chi connectivity index (χ0) is 20.1. The number of aliphatic imine (C=N–C) groups is 1. The van der Waals surface area contributed by atoms with Crippen molar-refractivity contribution in [1.29, 1.82) is 0 Å². The number of alkyl halides is 3. The summed E-state index contributed by atoms with van der Waals surface area (Å²) in [5.41, 5.74) is 0.708. The van der Waals surface area contributed by atoms with Crippen LogP contribution in [0.4, 0.5) is 13.2 Å². The molecule has 0 aliphatic heterocycles. The molecule has 0 unspecified atom stereocenters. The zero-order valence-electron chi connectivity index (χ0n) is 16.5. The molecule has 0 aliphatic carbocycles. The summed E-state index contributed by atoms with van der Waals surface area (Å²) in [5.74, 6) is 1.08. The molecular formula is C18H30F3IN4O2. The van der Waals surface area contributed by atoms with E-state index in [0.717, 1.165) is 13.0 Å². The first-order valence-corrected chi connectivity index (χ1v) is 9.04. The third-order valence-electron chi connectivity index (χ3n) is 3.16. The number of ether oxygens (including phenoxy) is 2. The molecule has 0 radical (unpaired) electrons. The van der Waals surface area contributed by atoms with Crippen LogP contribution < -0.4 is 15.4 Å². The number of hydrogen-bond donors (Lipinski definition) is 2. The van der Waals surface area contributed by atoms with Crippen molar-refractivity contribution in [2.75, 3.05) is 32.9 Å². The van der Waals surface area contributed by atoms with Crippen LogP contribution in [-0.2, 0) is 11.3 Å². The Kier molecular flexibility index (Phi) is 14.0. The van der Waals surface area contributed by atoms with Gasteiger partial charge in [-0.1, -0.05) is 13.8 Å². The van der Waals surface area contributed by atoms with Crippen LogP contribution in [0.2, 0.25) is 0 Å². The predicted molar refractivity (Wildman–Crippen MR) is 114 cm³/mol. The molecule has 1 rings (SSSR count). The predicted octanol–water partition coefficient (Wildman–Crippen LogP) is 3.76. The molecule has 1 aromatic heterocycles. The molecule has 0 spiro atoms. The van der Waals surface area contributed by atoms with Crippen molar-refractivity contribution >= 4 is 29.9 Å². The first-order chi connectivity index (χ1) is 12.8. The number of nitrogens with zero attached hydrogens (tertiary/aromatic N) is 2. The average Bonchev–Trinajstić information content (AvgIpc) is 2.60. The van der Waals surface area contributed by atoms with E-state index in [1.165, 1.54) is 12.3 Å². The summed E-state index contributed by atoms with van der Waals surface area (Å²) < 4.78 is 46.8. The summed E-state index contributed by atoms with van der Waals surface area (Å²) in [4.78, 5) is 8.21. The van der Waals surface area contributed by atoms with Gasteiger partial charge in [0.1, 0.15) is 0 Å². The Bertz CT molecular complexity index is 572. The van der Waals surface area contributed by atoms with Crippen molar-refractivity contribution in [3.05, 3.63) is 23.9 Å². The van der Waals surface area contributed by atoms with Crippen molar-refractivity contribution in [2.24, 2.45) is 10.9 Å². The molecule has 0 aromatic carbocycles. The minimum absolute atomic E-state index is 0. The molecule has 1 aromatic rings. The minimum Gasteiger partial charge on any atom is -0.468 e. The maximum atomic E-state index is 12.2. The van der Waals surface area contributed by atoms with Gasteiger partial charge in [-0.3, -0.25) is 0 Å². The smallest absolute Gasteiger partial charge is 0.422 e. The Morgan fingerprint density at radius 1 is 1.29 bits per heavy atom. The summed E-state index contributed by atoms with van der Waals surface area (Å²) in [6.07, 6.45) is -2.14. The van der Waals surface area contributed by atoms with Crippen molar-refractivity contribution in [3.63, 3.8) is 0 Å². The number of hydrogen-bond acceptors (Lipinski definition) is 4. The first kappa shape index (κ1) is 26.7. The van der Waals surface area contributed by atoms with E-state index in [0.29, 0.717) is 43.7 Å². The van der Waals surface area contributed by atoms with Crippen molar-refractivity contribution in [1.82, 2.24) is 15.6 Å². The maximum absolute atomic E-state index is 12.2. The number of halogens is 4. The lowest BCUT2D eigenvalue weighted by Crippen LogP contribution is -2.38. The second-order valence-corrected chi connectivity index (χ2v) is 6.35. The maximum Gasteiger partial charge on any atom is 0.422 e. The van der Waals surface area contributed by atoms with E-state index in [-0.39, 0.29) is 29.9 Å². The Hall–Kier alpha value is -1.30. The highest BCUT2D eigenvalue weighted by Gasteiger charge is 2.28. The fourth-order valence-corrected chi connectivity index (χ4v) is 2.00. The topological polar surface area (TPSA) is 67.8 Å². The molecule has 1 heterocycles. The number of guanidine groups is 1. The Balaban J connectivity index is 0.00000729. The quantitative estimate of drug-likeness (QED) is 0.202. The molecule has 0 saturated heterocycles. The highest BCUT2D eigenvalue weighted by atomic mass is 127. The van der Waals surface area contributed by atoms with Gasteiger partial charge in [0.15, 0.2) is 12.6 Å². The van der Waals surface area contributed by atoms with Crippen LogP contribution in [-0.4, -0.2) is 50.0 Å². The summed E-state index contributed by atoms with van der Waals surface area (Å²) in [6, 6.07) is 3.14. The molecule has 2 N–H and O–H groups in total. The fraction of sp³-hybridized carbons (Fsp3) is 0.667. The van der Waals surface area contributed by atoms with Gasteiger partial charge < -0.3 is 20.1 Å². The lowest BCUT2D eigenvalue weighted by molar-refractivity contribution is -0.154.